The highest BCUT2D eigenvalue weighted by Gasteiger charge is 2.33. The summed E-state index contributed by atoms with van der Waals surface area (Å²) in [5.41, 5.74) is 2.08. The molecule has 1 unspecified atom stereocenters. The lowest BCUT2D eigenvalue weighted by Crippen LogP contribution is -2.21. The highest BCUT2D eigenvalue weighted by molar-refractivity contribution is 7.98. The molecule has 28 heavy (non-hydrogen) atoms. The molecule has 0 radical (unpaired) electrons. The Morgan fingerprint density at radius 3 is 2.43 bits per heavy atom. The van der Waals surface area contributed by atoms with Gasteiger partial charge in [0, 0.05) is 21.9 Å². The van der Waals surface area contributed by atoms with Crippen LogP contribution in [-0.4, -0.2) is 23.1 Å². The van der Waals surface area contributed by atoms with E-state index in [1.807, 2.05) is 36.6 Å². The maximum Gasteiger partial charge on any atom is 0.312 e. The number of carbonyl (C=O) groups is 2. The number of benzene rings is 3. The number of phenolic OH excluding ortho intramolecular Hbond substituents is 1. The van der Waals surface area contributed by atoms with E-state index in [-0.39, 0.29) is 35.4 Å². The maximum atomic E-state index is 12.9. The number of carbonyl (C=O) groups excluding carboxylic acids is 2. The molecule has 0 saturated heterocycles. The molecule has 1 aliphatic rings. The normalized spacial score (nSPS) is 15.6. The fourth-order valence-electron chi connectivity index (χ4n) is 3.50. The fourth-order valence-corrected chi connectivity index (χ4v) is 3.91. The Balaban J connectivity index is 1.81. The van der Waals surface area contributed by atoms with Crippen LogP contribution in [0.25, 0.3) is 0 Å². The summed E-state index contributed by atoms with van der Waals surface area (Å²) in [6, 6.07) is 19.8. The first-order valence-electron chi connectivity index (χ1n) is 8.88. The second-order valence-electron chi connectivity index (χ2n) is 6.57. The maximum absolute atomic E-state index is 12.9. The van der Waals surface area contributed by atoms with Crippen molar-refractivity contribution in [2.75, 3.05) is 6.26 Å². The van der Waals surface area contributed by atoms with Crippen molar-refractivity contribution in [1.29, 1.82) is 0 Å². The molecular weight excluding hydrogens is 372 g/mol. The van der Waals surface area contributed by atoms with Crippen LogP contribution in [0.2, 0.25) is 0 Å². The van der Waals surface area contributed by atoms with Crippen LogP contribution in [-0.2, 0) is 4.79 Å². The van der Waals surface area contributed by atoms with E-state index in [1.54, 1.807) is 42.1 Å². The molecule has 4 rings (SSSR count). The van der Waals surface area contributed by atoms with E-state index >= 15 is 0 Å². The van der Waals surface area contributed by atoms with Crippen LogP contribution in [0.5, 0.6) is 11.5 Å². The smallest absolute Gasteiger partial charge is 0.312 e. The molecule has 0 bridgehead atoms. The van der Waals surface area contributed by atoms with E-state index in [2.05, 4.69) is 0 Å². The number of phenols is 1. The molecule has 140 valence electrons. The number of esters is 1. The molecule has 0 fully saturated rings. The minimum absolute atomic E-state index is 0.113. The van der Waals surface area contributed by atoms with Gasteiger partial charge in [-0.25, -0.2) is 0 Å². The summed E-state index contributed by atoms with van der Waals surface area (Å²) in [7, 11) is 0. The van der Waals surface area contributed by atoms with Crippen LogP contribution in [0.15, 0.2) is 71.6 Å². The average molecular weight is 390 g/mol. The summed E-state index contributed by atoms with van der Waals surface area (Å²) in [6.45, 7) is 0. The van der Waals surface area contributed by atoms with E-state index in [9.17, 15) is 14.7 Å². The highest BCUT2D eigenvalue weighted by atomic mass is 32.2. The van der Waals surface area contributed by atoms with Crippen LogP contribution in [0, 0.1) is 0 Å². The lowest BCUT2D eigenvalue weighted by Gasteiger charge is -2.26. The average Bonchev–Trinajstić information content (AvgIpc) is 2.73. The summed E-state index contributed by atoms with van der Waals surface area (Å²) >= 11 is 1.63. The van der Waals surface area contributed by atoms with Gasteiger partial charge in [-0.2, -0.15) is 0 Å². The van der Waals surface area contributed by atoms with Crippen molar-refractivity contribution in [2.45, 2.75) is 17.2 Å². The summed E-state index contributed by atoms with van der Waals surface area (Å²) in [5.74, 6) is -0.812. The van der Waals surface area contributed by atoms with Crippen LogP contribution in [0.3, 0.4) is 0 Å². The van der Waals surface area contributed by atoms with Crippen molar-refractivity contribution in [3.8, 4) is 11.5 Å². The van der Waals surface area contributed by atoms with Gasteiger partial charge in [0.1, 0.15) is 11.5 Å². The van der Waals surface area contributed by atoms with Crippen LogP contribution in [0.4, 0.5) is 0 Å². The lowest BCUT2D eigenvalue weighted by molar-refractivity contribution is -0.135. The standard InChI is InChI=1S/C23H18O4S/c1-28-16-9-7-14(8-10-16)18-13-20(24)27-19-12-11-17(23(26)21(18)19)22(25)15-5-3-2-4-6-15/h2-12,18,26H,13H2,1H3. The summed E-state index contributed by atoms with van der Waals surface area (Å²) < 4.78 is 5.34. The predicted molar refractivity (Wildman–Crippen MR) is 108 cm³/mol. The van der Waals surface area contributed by atoms with E-state index in [0.717, 1.165) is 10.5 Å². The lowest BCUT2D eigenvalue weighted by atomic mass is 9.84. The molecule has 0 amide bonds. The Bertz CT molecular complexity index is 1040. The predicted octanol–water partition coefficient (Wildman–Crippen LogP) is 4.79. The molecule has 0 spiro atoms. The van der Waals surface area contributed by atoms with Crippen molar-refractivity contribution in [1.82, 2.24) is 0 Å². The second kappa shape index (κ2) is 7.52. The molecule has 5 heteroatoms. The largest absolute Gasteiger partial charge is 0.507 e. The molecule has 0 saturated carbocycles. The van der Waals surface area contributed by atoms with Crippen LogP contribution < -0.4 is 4.74 Å². The zero-order valence-electron chi connectivity index (χ0n) is 15.2. The monoisotopic (exact) mass is 390 g/mol. The van der Waals surface area contributed by atoms with Crippen molar-refractivity contribution < 1.29 is 19.4 Å². The van der Waals surface area contributed by atoms with Gasteiger partial charge in [0.2, 0.25) is 0 Å². The number of ether oxygens (including phenoxy) is 1. The topological polar surface area (TPSA) is 63.6 Å². The molecule has 0 aromatic heterocycles. The number of fused-ring (bicyclic) bond motifs is 1. The third-order valence-electron chi connectivity index (χ3n) is 4.92. The Morgan fingerprint density at radius 1 is 1.04 bits per heavy atom. The zero-order chi connectivity index (χ0) is 19.7. The molecule has 0 aliphatic carbocycles. The quantitative estimate of drug-likeness (QED) is 0.300. The van der Waals surface area contributed by atoms with Gasteiger partial charge in [-0.15, -0.1) is 11.8 Å². The minimum Gasteiger partial charge on any atom is -0.507 e. The second-order valence-corrected chi connectivity index (χ2v) is 7.45. The third kappa shape index (κ3) is 3.29. The number of hydrogen-bond acceptors (Lipinski definition) is 5. The van der Waals surface area contributed by atoms with Crippen molar-refractivity contribution in [3.63, 3.8) is 0 Å². The first kappa shape index (κ1) is 18.3. The molecule has 3 aromatic carbocycles. The summed E-state index contributed by atoms with van der Waals surface area (Å²) in [5, 5.41) is 11.0. The fraction of sp³-hybridized carbons (Fsp3) is 0.130. The van der Waals surface area contributed by atoms with Crippen molar-refractivity contribution in [3.05, 3.63) is 89.0 Å². The van der Waals surface area contributed by atoms with Gasteiger partial charge in [-0.3, -0.25) is 9.59 Å². The van der Waals surface area contributed by atoms with Crippen LogP contribution in [0.1, 0.15) is 39.4 Å². The van der Waals surface area contributed by atoms with Gasteiger partial charge >= 0.3 is 5.97 Å². The number of aromatic hydroxyl groups is 1. The zero-order valence-corrected chi connectivity index (χ0v) is 16.0. The Kier molecular flexibility index (Phi) is 4.92. The molecule has 1 heterocycles. The van der Waals surface area contributed by atoms with Gasteiger partial charge < -0.3 is 9.84 Å². The van der Waals surface area contributed by atoms with Gasteiger partial charge in [0.25, 0.3) is 0 Å². The molecular formula is C23H18O4S. The van der Waals surface area contributed by atoms with Gasteiger partial charge in [-0.1, -0.05) is 42.5 Å². The Morgan fingerprint density at radius 2 is 1.75 bits per heavy atom. The van der Waals surface area contributed by atoms with Gasteiger partial charge in [0.15, 0.2) is 5.78 Å². The molecule has 1 N–H and O–H groups in total. The molecule has 4 nitrogen and oxygen atoms in total. The SMILES string of the molecule is CSc1ccc(C2CC(=O)Oc3ccc(C(=O)c4ccccc4)c(O)c32)cc1. The molecule has 3 aromatic rings. The Labute approximate surface area is 167 Å². The first-order valence-corrected chi connectivity index (χ1v) is 10.1. The van der Waals surface area contributed by atoms with Gasteiger partial charge in [0.05, 0.1) is 12.0 Å². The highest BCUT2D eigenvalue weighted by Crippen LogP contribution is 2.45. The Hall–Kier alpha value is -3.05. The first-order chi connectivity index (χ1) is 13.6. The summed E-state index contributed by atoms with van der Waals surface area (Å²) in [4.78, 5) is 26.1. The number of rotatable bonds is 4. The van der Waals surface area contributed by atoms with Crippen molar-refractivity contribution in [2.24, 2.45) is 0 Å². The van der Waals surface area contributed by atoms with Gasteiger partial charge in [-0.05, 0) is 36.1 Å². The van der Waals surface area contributed by atoms with Crippen LogP contribution >= 0.6 is 11.8 Å². The van der Waals surface area contributed by atoms with Crippen molar-refractivity contribution >= 4 is 23.5 Å². The van der Waals surface area contributed by atoms with E-state index in [4.69, 9.17) is 4.74 Å². The minimum atomic E-state index is -0.365. The number of thioether (sulfide) groups is 1. The van der Waals surface area contributed by atoms with E-state index in [1.165, 1.54) is 6.07 Å². The third-order valence-corrected chi connectivity index (χ3v) is 5.66. The summed E-state index contributed by atoms with van der Waals surface area (Å²) in [6.07, 6.45) is 2.11. The number of hydrogen-bond donors (Lipinski definition) is 1. The van der Waals surface area contributed by atoms with E-state index in [0.29, 0.717) is 16.9 Å². The van der Waals surface area contributed by atoms with E-state index < -0.39 is 0 Å². The number of ketones is 1. The molecule has 1 atom stereocenters. The molecule has 1 aliphatic heterocycles.